The molecular formula is C7H9NO3S2. The molecule has 1 heterocycles. The maximum atomic E-state index is 10.2. The van der Waals surface area contributed by atoms with Crippen molar-refractivity contribution in [2.24, 2.45) is 0 Å². The largest absolute Gasteiger partial charge is 0.481 e. The predicted molar refractivity (Wildman–Crippen MR) is 51.1 cm³/mol. The first-order valence-corrected chi connectivity index (χ1v) is 5.47. The van der Waals surface area contributed by atoms with Crippen molar-refractivity contribution in [1.29, 1.82) is 0 Å². The van der Waals surface area contributed by atoms with Gasteiger partial charge in [-0.1, -0.05) is 11.8 Å². The van der Waals surface area contributed by atoms with Crippen molar-refractivity contribution < 1.29 is 15.0 Å². The molecule has 1 aromatic rings. The molecular weight excluding hydrogens is 210 g/mol. The van der Waals surface area contributed by atoms with Crippen molar-refractivity contribution in [2.75, 3.05) is 5.75 Å². The van der Waals surface area contributed by atoms with E-state index in [0.717, 1.165) is 4.34 Å². The first kappa shape index (κ1) is 10.5. The Hall–Kier alpha value is -0.590. The molecule has 6 heteroatoms. The number of hydrogen-bond donors (Lipinski definition) is 2. The summed E-state index contributed by atoms with van der Waals surface area (Å²) in [5, 5.41) is 19.4. The highest BCUT2D eigenvalue weighted by Crippen LogP contribution is 2.21. The Morgan fingerprint density at radius 2 is 2.54 bits per heavy atom. The number of aliphatic carboxylic acids is 1. The summed E-state index contributed by atoms with van der Waals surface area (Å²) < 4.78 is 0.851. The minimum absolute atomic E-state index is 0.210. The second-order valence-electron chi connectivity index (χ2n) is 2.36. The number of aliphatic hydroxyl groups is 1. The second kappa shape index (κ2) is 5.21. The van der Waals surface area contributed by atoms with Crippen LogP contribution in [0.2, 0.25) is 0 Å². The summed E-state index contributed by atoms with van der Waals surface area (Å²) >= 11 is 2.85. The zero-order valence-electron chi connectivity index (χ0n) is 6.71. The van der Waals surface area contributed by atoms with Crippen molar-refractivity contribution in [3.8, 4) is 0 Å². The fraction of sp³-hybridized carbons (Fsp3) is 0.429. The molecule has 1 aromatic heterocycles. The summed E-state index contributed by atoms with van der Waals surface area (Å²) in [5.41, 5.74) is 0. The van der Waals surface area contributed by atoms with Gasteiger partial charge in [0.25, 0.3) is 0 Å². The number of thioether (sulfide) groups is 1. The molecule has 0 saturated carbocycles. The van der Waals surface area contributed by atoms with Gasteiger partial charge in [-0.25, -0.2) is 4.98 Å². The molecule has 1 atom stereocenters. The molecule has 1 rings (SSSR count). The van der Waals surface area contributed by atoms with Crippen molar-refractivity contribution in [1.82, 2.24) is 4.98 Å². The first-order valence-electron chi connectivity index (χ1n) is 3.60. The smallest absolute Gasteiger partial charge is 0.306 e. The standard InChI is InChI=1S/C7H9NO3S2/c9-5(3-6(10)11)4-13-7-8-1-2-12-7/h1-2,5,9H,3-4H2,(H,10,11). The van der Waals surface area contributed by atoms with Gasteiger partial charge in [0.1, 0.15) is 4.34 Å². The zero-order valence-corrected chi connectivity index (χ0v) is 8.35. The molecule has 0 radical (unpaired) electrons. The molecule has 0 aliphatic carbocycles. The third-order valence-corrected chi connectivity index (χ3v) is 3.33. The molecule has 0 saturated heterocycles. The number of rotatable bonds is 5. The van der Waals surface area contributed by atoms with Gasteiger partial charge in [0.15, 0.2) is 0 Å². The van der Waals surface area contributed by atoms with E-state index in [2.05, 4.69) is 4.98 Å². The summed E-state index contributed by atoms with van der Waals surface area (Å²) in [6.07, 6.45) is 0.668. The van der Waals surface area contributed by atoms with E-state index >= 15 is 0 Å². The average Bonchev–Trinajstić information content (AvgIpc) is 2.51. The highest BCUT2D eigenvalue weighted by Gasteiger charge is 2.10. The fourth-order valence-electron chi connectivity index (χ4n) is 0.710. The summed E-state index contributed by atoms with van der Waals surface area (Å²) in [4.78, 5) is 14.2. The summed E-state index contributed by atoms with van der Waals surface area (Å²) in [5.74, 6) is -0.605. The molecule has 0 aromatic carbocycles. The Morgan fingerprint density at radius 1 is 1.77 bits per heavy atom. The van der Waals surface area contributed by atoms with Crippen LogP contribution in [0, 0.1) is 0 Å². The molecule has 2 N–H and O–H groups in total. The van der Waals surface area contributed by atoms with Crippen molar-refractivity contribution in [3.63, 3.8) is 0 Å². The summed E-state index contributed by atoms with van der Waals surface area (Å²) in [6.45, 7) is 0. The van der Waals surface area contributed by atoms with E-state index in [4.69, 9.17) is 5.11 Å². The normalized spacial score (nSPS) is 12.7. The van der Waals surface area contributed by atoms with Crippen LogP contribution >= 0.6 is 23.1 Å². The van der Waals surface area contributed by atoms with Gasteiger partial charge in [-0.3, -0.25) is 4.79 Å². The lowest BCUT2D eigenvalue weighted by atomic mass is 10.3. The molecule has 0 amide bonds. The van der Waals surface area contributed by atoms with Crippen molar-refractivity contribution in [3.05, 3.63) is 11.6 Å². The third-order valence-electron chi connectivity index (χ3n) is 1.22. The van der Waals surface area contributed by atoms with E-state index in [1.54, 1.807) is 6.20 Å². The Labute approximate surface area is 83.6 Å². The molecule has 0 aliphatic rings. The lowest BCUT2D eigenvalue weighted by molar-refractivity contribution is -0.138. The number of nitrogens with zero attached hydrogens (tertiary/aromatic N) is 1. The quantitative estimate of drug-likeness (QED) is 0.725. The van der Waals surface area contributed by atoms with E-state index in [-0.39, 0.29) is 6.42 Å². The van der Waals surface area contributed by atoms with Gasteiger partial charge in [-0.15, -0.1) is 11.3 Å². The summed E-state index contributed by atoms with van der Waals surface area (Å²) in [6, 6.07) is 0. The van der Waals surface area contributed by atoms with Crippen LogP contribution in [0.5, 0.6) is 0 Å². The number of aliphatic hydroxyl groups excluding tert-OH is 1. The van der Waals surface area contributed by atoms with Gasteiger partial charge in [-0.2, -0.15) is 0 Å². The molecule has 0 spiro atoms. The van der Waals surface area contributed by atoms with E-state index in [1.165, 1.54) is 23.1 Å². The van der Waals surface area contributed by atoms with Crippen LogP contribution in [0.4, 0.5) is 0 Å². The van der Waals surface area contributed by atoms with Crippen LogP contribution in [0.1, 0.15) is 6.42 Å². The first-order chi connectivity index (χ1) is 6.18. The number of thiazole rings is 1. The number of hydrogen-bond acceptors (Lipinski definition) is 5. The van der Waals surface area contributed by atoms with Crippen molar-refractivity contribution in [2.45, 2.75) is 16.9 Å². The van der Waals surface area contributed by atoms with E-state index in [9.17, 15) is 9.90 Å². The molecule has 13 heavy (non-hydrogen) atoms. The van der Waals surface area contributed by atoms with Crippen LogP contribution in [0.3, 0.4) is 0 Å². The fourth-order valence-corrected chi connectivity index (χ4v) is 2.30. The maximum absolute atomic E-state index is 10.2. The lowest BCUT2D eigenvalue weighted by Crippen LogP contribution is -2.15. The monoisotopic (exact) mass is 219 g/mol. The lowest BCUT2D eigenvalue weighted by Gasteiger charge is -2.04. The van der Waals surface area contributed by atoms with Gasteiger partial charge < -0.3 is 10.2 Å². The number of carbonyl (C=O) groups is 1. The van der Waals surface area contributed by atoms with Gasteiger partial charge in [0.05, 0.1) is 12.5 Å². The van der Waals surface area contributed by atoms with Crippen LogP contribution in [0.25, 0.3) is 0 Å². The van der Waals surface area contributed by atoms with Crippen LogP contribution in [0.15, 0.2) is 15.9 Å². The molecule has 1 unspecified atom stereocenters. The highest BCUT2D eigenvalue weighted by molar-refractivity contribution is 8.01. The van der Waals surface area contributed by atoms with E-state index < -0.39 is 12.1 Å². The number of carboxylic acids is 1. The van der Waals surface area contributed by atoms with Crippen LogP contribution in [-0.2, 0) is 4.79 Å². The Bertz CT molecular complexity index is 263. The Balaban J connectivity index is 2.22. The van der Waals surface area contributed by atoms with Crippen LogP contribution < -0.4 is 0 Å². The van der Waals surface area contributed by atoms with E-state index in [0.29, 0.717) is 5.75 Å². The molecule has 4 nitrogen and oxygen atoms in total. The van der Waals surface area contributed by atoms with Gasteiger partial charge >= 0.3 is 5.97 Å². The molecule has 0 fully saturated rings. The SMILES string of the molecule is O=C(O)CC(O)CSc1nccs1. The van der Waals surface area contributed by atoms with Gasteiger partial charge in [-0.05, 0) is 0 Å². The summed E-state index contributed by atoms with van der Waals surface area (Å²) in [7, 11) is 0. The zero-order chi connectivity index (χ0) is 9.68. The van der Waals surface area contributed by atoms with Gasteiger partial charge in [0.2, 0.25) is 0 Å². The molecule has 0 bridgehead atoms. The Morgan fingerprint density at radius 3 is 3.08 bits per heavy atom. The molecule has 72 valence electrons. The topological polar surface area (TPSA) is 70.4 Å². The van der Waals surface area contributed by atoms with Crippen molar-refractivity contribution >= 4 is 29.1 Å². The predicted octanol–water partition coefficient (Wildman–Crippen LogP) is 1.07. The highest BCUT2D eigenvalue weighted by atomic mass is 32.2. The van der Waals surface area contributed by atoms with Crippen LogP contribution in [-0.4, -0.2) is 33.0 Å². The third kappa shape index (κ3) is 4.25. The second-order valence-corrected chi connectivity index (χ2v) is 4.52. The average molecular weight is 219 g/mol. The maximum Gasteiger partial charge on any atom is 0.306 e. The number of carboxylic acid groups (broad SMARTS) is 1. The minimum atomic E-state index is -0.979. The van der Waals surface area contributed by atoms with Gasteiger partial charge in [0, 0.05) is 17.3 Å². The minimum Gasteiger partial charge on any atom is -0.481 e. The number of aromatic nitrogens is 1. The Kier molecular flexibility index (Phi) is 4.20. The molecule has 0 aliphatic heterocycles. The van der Waals surface area contributed by atoms with E-state index in [1.807, 2.05) is 5.38 Å².